The molecule has 2 aromatic rings. The van der Waals surface area contributed by atoms with Gasteiger partial charge < -0.3 is 15.5 Å². The maximum atomic E-state index is 12.0. The molecule has 0 saturated carbocycles. The van der Waals surface area contributed by atoms with E-state index >= 15 is 0 Å². The van der Waals surface area contributed by atoms with Crippen LogP contribution in [-0.4, -0.2) is 21.1 Å². The zero-order valence-corrected chi connectivity index (χ0v) is 12.7. The second-order valence-corrected chi connectivity index (χ2v) is 4.84. The third-order valence-electron chi connectivity index (χ3n) is 3.00. The van der Waals surface area contributed by atoms with Crippen molar-refractivity contribution in [3.63, 3.8) is 0 Å². The van der Waals surface area contributed by atoms with Gasteiger partial charge in [-0.05, 0) is 35.9 Å². The third-order valence-corrected chi connectivity index (χ3v) is 3.00. The van der Waals surface area contributed by atoms with Crippen molar-refractivity contribution < 1.29 is 15.0 Å². The van der Waals surface area contributed by atoms with Gasteiger partial charge in [0.05, 0.1) is 12.2 Å². The van der Waals surface area contributed by atoms with E-state index in [0.717, 1.165) is 0 Å². The maximum Gasteiger partial charge on any atom is 0.262 e. The molecule has 0 aliphatic carbocycles. The third kappa shape index (κ3) is 5.00. The fourth-order valence-corrected chi connectivity index (χ4v) is 1.90. The minimum atomic E-state index is -0.508. The Morgan fingerprint density at radius 2 is 2.00 bits per heavy atom. The smallest absolute Gasteiger partial charge is 0.262 e. The molecule has 6 nitrogen and oxygen atoms in total. The van der Waals surface area contributed by atoms with Gasteiger partial charge in [0.1, 0.15) is 23.1 Å². The van der Waals surface area contributed by atoms with E-state index < -0.39 is 5.91 Å². The number of nitrogens with zero attached hydrogens (tertiary/aromatic N) is 2. The summed E-state index contributed by atoms with van der Waals surface area (Å²) in [7, 11) is 0. The number of nitrogens with one attached hydrogen (secondary N) is 1. The van der Waals surface area contributed by atoms with Gasteiger partial charge in [-0.2, -0.15) is 5.26 Å². The molecule has 0 aliphatic heterocycles. The summed E-state index contributed by atoms with van der Waals surface area (Å²) in [6, 6.07) is 11.3. The maximum absolute atomic E-state index is 12.0. The summed E-state index contributed by atoms with van der Waals surface area (Å²) in [4.78, 5) is 16.0. The van der Waals surface area contributed by atoms with Gasteiger partial charge in [0.15, 0.2) is 0 Å². The van der Waals surface area contributed by atoms with Crippen LogP contribution in [0, 0.1) is 11.3 Å². The summed E-state index contributed by atoms with van der Waals surface area (Å²) in [6.07, 6.45) is 6.03. The van der Waals surface area contributed by atoms with Crippen molar-refractivity contribution in [1.82, 2.24) is 10.3 Å². The molecule has 24 heavy (non-hydrogen) atoms. The van der Waals surface area contributed by atoms with E-state index in [0.29, 0.717) is 11.3 Å². The molecule has 0 bridgehead atoms. The van der Waals surface area contributed by atoms with Crippen molar-refractivity contribution in [2.24, 2.45) is 0 Å². The lowest BCUT2D eigenvalue weighted by molar-refractivity contribution is -0.117. The zero-order valence-electron chi connectivity index (χ0n) is 12.7. The first kappa shape index (κ1) is 16.8. The molecule has 1 amide bonds. The summed E-state index contributed by atoms with van der Waals surface area (Å²) in [5.41, 5.74) is 1.16. The van der Waals surface area contributed by atoms with Crippen LogP contribution in [0.1, 0.15) is 11.3 Å². The van der Waals surface area contributed by atoms with Gasteiger partial charge in [-0.25, -0.2) is 0 Å². The number of phenolic OH excluding ortho intramolecular Hbond substituents is 2. The number of aromatic nitrogens is 1. The van der Waals surface area contributed by atoms with Gasteiger partial charge in [0.2, 0.25) is 0 Å². The van der Waals surface area contributed by atoms with Crippen LogP contribution in [0.2, 0.25) is 0 Å². The number of benzene rings is 1. The number of hydrogen-bond donors (Lipinski definition) is 3. The van der Waals surface area contributed by atoms with Crippen molar-refractivity contribution in [2.75, 3.05) is 0 Å². The van der Waals surface area contributed by atoms with E-state index in [9.17, 15) is 15.0 Å². The molecule has 0 fully saturated rings. The summed E-state index contributed by atoms with van der Waals surface area (Å²) >= 11 is 0. The number of nitriles is 1. The van der Waals surface area contributed by atoms with Crippen LogP contribution in [0.4, 0.5) is 0 Å². The highest BCUT2D eigenvalue weighted by molar-refractivity contribution is 5.97. The molecule has 6 heteroatoms. The fourth-order valence-electron chi connectivity index (χ4n) is 1.90. The van der Waals surface area contributed by atoms with Crippen LogP contribution in [0.5, 0.6) is 11.5 Å². The standard InChI is InChI=1S/C18H15N3O3/c19-11-14(18(24)21-12-15-6-1-2-7-20-15)5-3-4-13-8-16(22)10-17(23)9-13/h1-10,22-23H,12H2,(H,21,24)/b4-3+,14-5+. The monoisotopic (exact) mass is 321 g/mol. The van der Waals surface area contributed by atoms with Crippen molar-refractivity contribution in [3.8, 4) is 17.6 Å². The van der Waals surface area contributed by atoms with Crippen molar-refractivity contribution in [3.05, 3.63) is 71.6 Å². The number of rotatable bonds is 5. The SMILES string of the molecule is N#C/C(=C\C=C\c1cc(O)cc(O)c1)C(=O)NCc1ccccn1. The van der Waals surface area contributed by atoms with Crippen LogP contribution >= 0.6 is 0 Å². The topological polar surface area (TPSA) is 106 Å². The van der Waals surface area contributed by atoms with Crippen LogP contribution in [0.25, 0.3) is 6.08 Å². The van der Waals surface area contributed by atoms with E-state index in [4.69, 9.17) is 5.26 Å². The van der Waals surface area contributed by atoms with Crippen molar-refractivity contribution >= 4 is 12.0 Å². The molecule has 0 aliphatic rings. The lowest BCUT2D eigenvalue weighted by atomic mass is 10.1. The molecule has 3 N–H and O–H groups in total. The average molecular weight is 321 g/mol. The first-order valence-electron chi connectivity index (χ1n) is 7.08. The molecule has 120 valence electrons. The average Bonchev–Trinajstić information content (AvgIpc) is 2.57. The van der Waals surface area contributed by atoms with Gasteiger partial charge in [-0.1, -0.05) is 18.2 Å². The van der Waals surface area contributed by atoms with Gasteiger partial charge in [-0.3, -0.25) is 9.78 Å². The molecule has 0 saturated heterocycles. The Kier molecular flexibility index (Phi) is 5.70. The Labute approximate surface area is 139 Å². The lowest BCUT2D eigenvalue weighted by Crippen LogP contribution is -2.24. The number of amides is 1. The van der Waals surface area contributed by atoms with Gasteiger partial charge in [0.25, 0.3) is 5.91 Å². The molecule has 1 heterocycles. The van der Waals surface area contributed by atoms with Crippen LogP contribution in [-0.2, 0) is 11.3 Å². The molecule has 0 unspecified atom stereocenters. The Morgan fingerprint density at radius 1 is 1.25 bits per heavy atom. The van der Waals surface area contributed by atoms with E-state index in [1.165, 1.54) is 30.4 Å². The van der Waals surface area contributed by atoms with Crippen LogP contribution in [0.15, 0.2) is 60.3 Å². The van der Waals surface area contributed by atoms with E-state index in [1.807, 2.05) is 12.1 Å². The van der Waals surface area contributed by atoms with Crippen LogP contribution < -0.4 is 5.32 Å². The molecule has 0 radical (unpaired) electrons. The van der Waals surface area contributed by atoms with Gasteiger partial charge >= 0.3 is 0 Å². The predicted octanol–water partition coefficient (Wildman–Crippen LogP) is 2.27. The number of aromatic hydroxyl groups is 2. The molecule has 1 aromatic carbocycles. The second kappa shape index (κ2) is 8.15. The summed E-state index contributed by atoms with van der Waals surface area (Å²) in [6.45, 7) is 0.225. The molecular weight excluding hydrogens is 306 g/mol. The zero-order chi connectivity index (χ0) is 17.4. The lowest BCUT2D eigenvalue weighted by Gasteiger charge is -2.02. The fraction of sp³-hybridized carbons (Fsp3) is 0.0556. The van der Waals surface area contributed by atoms with Gasteiger partial charge in [0, 0.05) is 12.3 Å². The Hall–Kier alpha value is -3.59. The number of carbonyl (C=O) groups excluding carboxylic acids is 1. The first-order chi connectivity index (χ1) is 11.6. The number of hydrogen-bond acceptors (Lipinski definition) is 5. The number of phenols is 2. The van der Waals surface area contributed by atoms with Gasteiger partial charge in [-0.15, -0.1) is 0 Å². The first-order valence-corrected chi connectivity index (χ1v) is 7.08. The minimum absolute atomic E-state index is 0.0634. The Balaban J connectivity index is 2.01. The molecule has 0 spiro atoms. The largest absolute Gasteiger partial charge is 0.508 e. The Morgan fingerprint density at radius 3 is 2.62 bits per heavy atom. The minimum Gasteiger partial charge on any atom is -0.508 e. The molecule has 0 atom stereocenters. The number of pyridine rings is 1. The highest BCUT2D eigenvalue weighted by atomic mass is 16.3. The van der Waals surface area contributed by atoms with E-state index in [-0.39, 0.29) is 23.6 Å². The van der Waals surface area contributed by atoms with E-state index in [1.54, 1.807) is 24.4 Å². The number of allylic oxidation sites excluding steroid dienone is 2. The summed E-state index contributed by atoms with van der Waals surface area (Å²) in [5.74, 6) is -0.661. The molecular formula is C18H15N3O3. The summed E-state index contributed by atoms with van der Waals surface area (Å²) in [5, 5.41) is 30.4. The quantitative estimate of drug-likeness (QED) is 0.445. The molecule has 1 aromatic heterocycles. The van der Waals surface area contributed by atoms with E-state index in [2.05, 4.69) is 10.3 Å². The normalized spacial score (nSPS) is 11.2. The number of carbonyl (C=O) groups is 1. The molecule has 2 rings (SSSR count). The van der Waals surface area contributed by atoms with Crippen LogP contribution in [0.3, 0.4) is 0 Å². The summed E-state index contributed by atoms with van der Waals surface area (Å²) < 4.78 is 0. The highest BCUT2D eigenvalue weighted by Crippen LogP contribution is 2.21. The van der Waals surface area contributed by atoms with Crippen molar-refractivity contribution in [1.29, 1.82) is 5.26 Å². The Bertz CT molecular complexity index is 801. The predicted molar refractivity (Wildman–Crippen MR) is 88.6 cm³/mol. The van der Waals surface area contributed by atoms with Crippen molar-refractivity contribution in [2.45, 2.75) is 6.54 Å². The highest BCUT2D eigenvalue weighted by Gasteiger charge is 2.07. The second-order valence-electron chi connectivity index (χ2n) is 4.84.